The quantitative estimate of drug-likeness (QED) is 0.664. The topological polar surface area (TPSA) is 23.5 Å². The van der Waals surface area contributed by atoms with Crippen LogP contribution in [-0.2, 0) is 0 Å². The van der Waals surface area contributed by atoms with Gasteiger partial charge in [-0.15, -0.1) is 0 Å². The zero-order chi connectivity index (χ0) is 14.9. The number of anilines is 1. The van der Waals surface area contributed by atoms with Crippen LogP contribution < -0.4 is 4.90 Å². The van der Waals surface area contributed by atoms with Gasteiger partial charge in [-0.1, -0.05) is 18.2 Å². The highest BCUT2D eigenvalue weighted by atomic mass is 19.4. The number of hydrogen-bond acceptors (Lipinski definition) is 2. The molecule has 0 radical (unpaired) electrons. The Labute approximate surface area is 114 Å². The number of hydrogen-bond donors (Lipinski definition) is 1. The minimum Gasteiger partial charge on any atom is -0.389 e. The third kappa shape index (κ3) is 2.95. The molecule has 6 heteroatoms. The molecule has 110 valence electrons. The van der Waals surface area contributed by atoms with E-state index in [-0.39, 0.29) is 25.2 Å². The first-order valence-corrected chi connectivity index (χ1v) is 6.28. The summed E-state index contributed by atoms with van der Waals surface area (Å²) in [7, 11) is 0. The average Bonchev–Trinajstić information content (AvgIpc) is 2.37. The summed E-state index contributed by atoms with van der Waals surface area (Å²) in [6, 6.07) is 4.29. The number of benzene rings is 1. The molecule has 0 unspecified atom stereocenters. The number of halogens is 4. The normalized spacial score (nSPS) is 17.9. The lowest BCUT2D eigenvalue weighted by atomic mass is 10.0. The molecule has 1 aromatic rings. The molecule has 0 aliphatic carbocycles. The summed E-state index contributed by atoms with van der Waals surface area (Å²) in [5, 5.41) is 9.65. The molecule has 0 spiro atoms. The van der Waals surface area contributed by atoms with Gasteiger partial charge in [0.15, 0.2) is 0 Å². The number of para-hydroxylation sites is 1. The van der Waals surface area contributed by atoms with E-state index in [1.807, 2.05) is 0 Å². The lowest BCUT2D eigenvalue weighted by Gasteiger charge is -2.31. The van der Waals surface area contributed by atoms with Crippen molar-refractivity contribution in [2.75, 3.05) is 18.0 Å². The number of aliphatic hydroxyl groups excluding tert-OH is 1. The van der Waals surface area contributed by atoms with Crippen LogP contribution in [0.4, 0.5) is 23.2 Å². The molecule has 2 nitrogen and oxygen atoms in total. The second-order valence-corrected chi connectivity index (χ2v) is 4.78. The van der Waals surface area contributed by atoms with Crippen molar-refractivity contribution in [2.45, 2.75) is 25.6 Å². The maximum absolute atomic E-state index is 13.9. The highest BCUT2D eigenvalue weighted by Crippen LogP contribution is 2.34. The van der Waals surface area contributed by atoms with Crippen LogP contribution in [0.5, 0.6) is 0 Å². The number of rotatable bonds is 2. The van der Waals surface area contributed by atoms with Crippen molar-refractivity contribution in [1.82, 2.24) is 0 Å². The van der Waals surface area contributed by atoms with Gasteiger partial charge >= 0.3 is 6.18 Å². The van der Waals surface area contributed by atoms with Crippen LogP contribution in [0.2, 0.25) is 0 Å². The van der Waals surface area contributed by atoms with Crippen molar-refractivity contribution in [3.8, 4) is 0 Å². The number of alkyl halides is 3. The second kappa shape index (κ2) is 5.44. The smallest absolute Gasteiger partial charge is 0.389 e. The molecule has 0 saturated heterocycles. The van der Waals surface area contributed by atoms with E-state index in [9.17, 15) is 22.7 Å². The molecule has 1 atom stereocenters. The summed E-state index contributed by atoms with van der Waals surface area (Å²) >= 11 is 0. The fourth-order valence-electron chi connectivity index (χ4n) is 2.33. The van der Waals surface area contributed by atoms with E-state index in [2.05, 4.69) is 0 Å². The van der Waals surface area contributed by atoms with Crippen LogP contribution in [-0.4, -0.2) is 24.4 Å². The molecule has 2 rings (SSSR count). The monoisotopic (exact) mass is 289 g/mol. The highest BCUT2D eigenvalue weighted by molar-refractivity contribution is 5.57. The van der Waals surface area contributed by atoms with Gasteiger partial charge in [-0.2, -0.15) is 13.2 Å². The molecular formula is C14H15F4NO. The third-order valence-electron chi connectivity index (χ3n) is 3.36. The number of aliphatic hydroxyl groups is 1. The maximum Gasteiger partial charge on any atom is 0.412 e. The Morgan fingerprint density at radius 1 is 1.30 bits per heavy atom. The molecule has 0 aromatic heterocycles. The minimum atomic E-state index is -4.32. The lowest BCUT2D eigenvalue weighted by molar-refractivity contribution is -0.0944. The third-order valence-corrected chi connectivity index (χ3v) is 3.36. The van der Waals surface area contributed by atoms with Gasteiger partial charge < -0.3 is 10.0 Å². The van der Waals surface area contributed by atoms with E-state index in [4.69, 9.17) is 0 Å². The first-order valence-electron chi connectivity index (χ1n) is 6.28. The first-order chi connectivity index (χ1) is 9.30. The second-order valence-electron chi connectivity index (χ2n) is 4.78. The lowest BCUT2D eigenvalue weighted by Crippen LogP contribution is -2.33. The fraction of sp³-hybridized carbons (Fsp3) is 0.429. The van der Waals surface area contributed by atoms with Crippen molar-refractivity contribution in [3.63, 3.8) is 0 Å². The molecular weight excluding hydrogens is 274 g/mol. The first kappa shape index (κ1) is 14.8. The predicted molar refractivity (Wildman–Crippen MR) is 68.0 cm³/mol. The van der Waals surface area contributed by atoms with Gasteiger partial charge in [-0.05, 0) is 19.4 Å². The Morgan fingerprint density at radius 2 is 2.00 bits per heavy atom. The Kier molecular flexibility index (Phi) is 4.04. The summed E-state index contributed by atoms with van der Waals surface area (Å²) < 4.78 is 51.6. The van der Waals surface area contributed by atoms with Crippen molar-refractivity contribution < 1.29 is 22.7 Å². The van der Waals surface area contributed by atoms with Crippen molar-refractivity contribution >= 4 is 5.69 Å². The largest absolute Gasteiger partial charge is 0.412 e. The highest BCUT2D eigenvalue weighted by Gasteiger charge is 2.35. The van der Waals surface area contributed by atoms with Crippen LogP contribution in [0.1, 0.15) is 25.0 Å². The molecule has 0 amide bonds. The van der Waals surface area contributed by atoms with E-state index >= 15 is 0 Å². The molecule has 1 N–H and O–H groups in total. The van der Waals surface area contributed by atoms with Crippen LogP contribution in [0, 0.1) is 5.82 Å². The van der Waals surface area contributed by atoms with Gasteiger partial charge in [0.2, 0.25) is 0 Å². The van der Waals surface area contributed by atoms with Crippen molar-refractivity contribution in [1.29, 1.82) is 0 Å². The molecule has 0 saturated carbocycles. The Bertz CT molecular complexity index is 522. The molecule has 20 heavy (non-hydrogen) atoms. The predicted octanol–water partition coefficient (Wildman–Crippen LogP) is 3.58. The zero-order valence-corrected chi connectivity index (χ0v) is 10.9. The molecule has 1 aliphatic heterocycles. The van der Waals surface area contributed by atoms with Gasteiger partial charge in [-0.3, -0.25) is 0 Å². The molecule has 1 aliphatic rings. The van der Waals surface area contributed by atoms with Gasteiger partial charge in [0, 0.05) is 24.2 Å². The number of nitrogens with zero attached hydrogens (tertiary/aromatic N) is 1. The van der Waals surface area contributed by atoms with E-state index in [0.717, 1.165) is 6.08 Å². The molecule has 1 aromatic carbocycles. The fourth-order valence-corrected chi connectivity index (χ4v) is 2.33. The summed E-state index contributed by atoms with van der Waals surface area (Å²) in [4.78, 5) is 1.52. The van der Waals surface area contributed by atoms with Crippen molar-refractivity contribution in [3.05, 3.63) is 41.2 Å². The Balaban J connectivity index is 2.30. The van der Waals surface area contributed by atoms with Crippen LogP contribution in [0.15, 0.2) is 29.8 Å². The van der Waals surface area contributed by atoms with Gasteiger partial charge in [0.1, 0.15) is 5.82 Å². The Hall–Kier alpha value is -1.56. The Morgan fingerprint density at radius 3 is 2.50 bits per heavy atom. The standard InChI is InChI=1S/C14H15F4NO/c1-9(20)11-3-2-4-12(15)13(11)19-7-5-10(6-8-19)14(16,17)18/h2-5,9,20H,6-8H2,1H3/t9-/m0/s1. The molecule has 0 bridgehead atoms. The van der Waals surface area contributed by atoms with Gasteiger partial charge in [0.05, 0.1) is 11.8 Å². The summed E-state index contributed by atoms with van der Waals surface area (Å²) in [6.45, 7) is 1.56. The molecule has 1 heterocycles. The summed E-state index contributed by atoms with van der Waals surface area (Å²) in [6.07, 6.45) is -4.32. The van der Waals surface area contributed by atoms with E-state index < -0.39 is 23.7 Å². The van der Waals surface area contributed by atoms with E-state index in [1.165, 1.54) is 24.0 Å². The minimum absolute atomic E-state index is 0.0184. The van der Waals surface area contributed by atoms with E-state index in [0.29, 0.717) is 5.56 Å². The van der Waals surface area contributed by atoms with Crippen molar-refractivity contribution in [2.24, 2.45) is 0 Å². The molecule has 0 fully saturated rings. The summed E-state index contributed by atoms with van der Waals surface area (Å²) in [5.74, 6) is -0.535. The van der Waals surface area contributed by atoms with Crippen LogP contribution in [0.3, 0.4) is 0 Å². The maximum atomic E-state index is 13.9. The SMILES string of the molecule is C[C@H](O)c1cccc(F)c1N1CC=C(C(F)(F)F)CC1. The average molecular weight is 289 g/mol. The van der Waals surface area contributed by atoms with Crippen LogP contribution in [0.25, 0.3) is 0 Å². The zero-order valence-electron chi connectivity index (χ0n) is 10.9. The van der Waals surface area contributed by atoms with Gasteiger partial charge in [0.25, 0.3) is 0 Å². The van der Waals surface area contributed by atoms with E-state index in [1.54, 1.807) is 6.07 Å². The van der Waals surface area contributed by atoms with Gasteiger partial charge in [-0.25, -0.2) is 4.39 Å². The summed E-state index contributed by atoms with van der Waals surface area (Å²) in [5.41, 5.74) is -0.0162. The van der Waals surface area contributed by atoms with Crippen LogP contribution >= 0.6 is 0 Å².